The summed E-state index contributed by atoms with van der Waals surface area (Å²) in [6.45, 7) is 0. The van der Waals surface area contributed by atoms with E-state index >= 15 is 0 Å². The van der Waals surface area contributed by atoms with Gasteiger partial charge in [-0.2, -0.15) is 0 Å². The highest BCUT2D eigenvalue weighted by Gasteiger charge is 2.32. The zero-order valence-electron chi connectivity index (χ0n) is 14.3. The highest BCUT2D eigenvalue weighted by atomic mass is 16.2. The number of carbonyl (C=O) groups excluding carboxylic acids is 1. The molecule has 1 saturated carbocycles. The second kappa shape index (κ2) is 6.93. The van der Waals surface area contributed by atoms with Crippen LogP contribution in [0.15, 0.2) is 52.2 Å². The topological polar surface area (TPSA) is 73.1 Å². The molecule has 1 amide bonds. The van der Waals surface area contributed by atoms with Gasteiger partial charge in [0, 0.05) is 26.4 Å². The summed E-state index contributed by atoms with van der Waals surface area (Å²) in [4.78, 5) is 36.1. The SMILES string of the molecule is Cn1cc(/C=C/C(=O)N[C@@H](c2ccccc2)C2CC2)c(=O)n(C)c1=O. The smallest absolute Gasteiger partial charge is 0.330 e. The van der Waals surface area contributed by atoms with Crippen molar-refractivity contribution >= 4 is 12.0 Å². The lowest BCUT2D eigenvalue weighted by atomic mass is 10.0. The summed E-state index contributed by atoms with van der Waals surface area (Å²) < 4.78 is 2.34. The fourth-order valence-electron chi connectivity index (χ4n) is 2.88. The lowest BCUT2D eigenvalue weighted by Crippen LogP contribution is -2.37. The summed E-state index contributed by atoms with van der Waals surface area (Å²) in [7, 11) is 2.98. The Labute approximate surface area is 145 Å². The molecule has 1 heterocycles. The minimum absolute atomic E-state index is 0.0127. The van der Waals surface area contributed by atoms with E-state index in [2.05, 4.69) is 5.32 Å². The minimum Gasteiger partial charge on any atom is -0.345 e. The monoisotopic (exact) mass is 339 g/mol. The van der Waals surface area contributed by atoms with Crippen LogP contribution in [0.1, 0.15) is 30.0 Å². The average molecular weight is 339 g/mol. The van der Waals surface area contributed by atoms with Crippen molar-refractivity contribution in [2.45, 2.75) is 18.9 Å². The van der Waals surface area contributed by atoms with Crippen molar-refractivity contribution in [3.05, 3.63) is 74.6 Å². The van der Waals surface area contributed by atoms with Crippen LogP contribution in [0.4, 0.5) is 0 Å². The van der Waals surface area contributed by atoms with E-state index < -0.39 is 11.2 Å². The molecule has 0 spiro atoms. The number of aryl methyl sites for hydroxylation is 1. The van der Waals surface area contributed by atoms with E-state index in [-0.39, 0.29) is 11.9 Å². The molecule has 2 aromatic rings. The van der Waals surface area contributed by atoms with Gasteiger partial charge in [-0.05, 0) is 30.4 Å². The lowest BCUT2D eigenvalue weighted by Gasteiger charge is -2.17. The lowest BCUT2D eigenvalue weighted by molar-refractivity contribution is -0.117. The van der Waals surface area contributed by atoms with Gasteiger partial charge in [0.2, 0.25) is 5.91 Å². The van der Waals surface area contributed by atoms with Crippen molar-refractivity contribution < 1.29 is 4.79 Å². The van der Waals surface area contributed by atoms with Crippen LogP contribution in [-0.4, -0.2) is 15.0 Å². The summed E-state index contributed by atoms with van der Waals surface area (Å²) >= 11 is 0. The molecule has 0 bridgehead atoms. The quantitative estimate of drug-likeness (QED) is 0.836. The molecule has 1 N–H and O–H groups in total. The van der Waals surface area contributed by atoms with Crippen LogP contribution in [0.2, 0.25) is 0 Å². The van der Waals surface area contributed by atoms with E-state index in [1.165, 1.54) is 30.0 Å². The molecule has 1 atom stereocenters. The number of hydrogen-bond donors (Lipinski definition) is 1. The van der Waals surface area contributed by atoms with Crippen LogP contribution < -0.4 is 16.6 Å². The fourth-order valence-corrected chi connectivity index (χ4v) is 2.88. The maximum Gasteiger partial charge on any atom is 0.330 e. The van der Waals surface area contributed by atoms with E-state index in [0.717, 1.165) is 23.0 Å². The van der Waals surface area contributed by atoms with Gasteiger partial charge in [0.25, 0.3) is 5.56 Å². The van der Waals surface area contributed by atoms with Gasteiger partial charge >= 0.3 is 5.69 Å². The molecule has 6 nitrogen and oxygen atoms in total. The molecule has 1 aliphatic rings. The van der Waals surface area contributed by atoms with Gasteiger partial charge in [-0.15, -0.1) is 0 Å². The van der Waals surface area contributed by atoms with Crippen LogP contribution in [0.5, 0.6) is 0 Å². The first-order chi connectivity index (χ1) is 12.0. The minimum atomic E-state index is -0.422. The number of hydrogen-bond acceptors (Lipinski definition) is 3. The summed E-state index contributed by atoms with van der Waals surface area (Å²) in [5.74, 6) is 0.210. The number of amides is 1. The molecule has 1 fully saturated rings. The van der Waals surface area contributed by atoms with Crippen LogP contribution in [0.3, 0.4) is 0 Å². The van der Waals surface area contributed by atoms with Gasteiger partial charge < -0.3 is 9.88 Å². The summed E-state index contributed by atoms with van der Waals surface area (Å²) in [5.41, 5.74) is 0.561. The Kier molecular flexibility index (Phi) is 4.70. The number of benzene rings is 1. The Bertz CT molecular complexity index is 921. The summed E-state index contributed by atoms with van der Waals surface area (Å²) in [5, 5.41) is 3.02. The highest BCUT2D eigenvalue weighted by molar-refractivity contribution is 5.91. The van der Waals surface area contributed by atoms with Gasteiger partial charge in [-0.3, -0.25) is 14.2 Å². The van der Waals surface area contributed by atoms with Crippen LogP contribution in [-0.2, 0) is 18.9 Å². The first-order valence-electron chi connectivity index (χ1n) is 8.27. The zero-order valence-corrected chi connectivity index (χ0v) is 14.3. The van der Waals surface area contributed by atoms with Crippen molar-refractivity contribution in [1.29, 1.82) is 0 Å². The van der Waals surface area contributed by atoms with Gasteiger partial charge in [0.05, 0.1) is 11.6 Å². The zero-order chi connectivity index (χ0) is 18.0. The molecule has 130 valence electrons. The largest absolute Gasteiger partial charge is 0.345 e. The fraction of sp³-hybridized carbons (Fsp3) is 0.316. The molecule has 1 aromatic heterocycles. The summed E-state index contributed by atoms with van der Waals surface area (Å²) in [6.07, 6.45) is 6.44. The Morgan fingerprint density at radius 2 is 1.88 bits per heavy atom. The predicted octanol–water partition coefficient (Wildman–Crippen LogP) is 1.36. The van der Waals surface area contributed by atoms with Crippen molar-refractivity contribution in [1.82, 2.24) is 14.5 Å². The van der Waals surface area contributed by atoms with Crippen molar-refractivity contribution in [2.75, 3.05) is 0 Å². The first kappa shape index (κ1) is 17.0. The molecule has 1 aliphatic carbocycles. The molecule has 0 saturated heterocycles. The van der Waals surface area contributed by atoms with Crippen LogP contribution in [0.25, 0.3) is 6.08 Å². The second-order valence-electron chi connectivity index (χ2n) is 6.41. The Hall–Kier alpha value is -2.89. The molecule has 1 aromatic carbocycles. The molecule has 25 heavy (non-hydrogen) atoms. The normalized spacial score (nSPS) is 15.3. The Morgan fingerprint density at radius 1 is 1.20 bits per heavy atom. The molecule has 6 heteroatoms. The van der Waals surface area contributed by atoms with Gasteiger partial charge in [0.1, 0.15) is 0 Å². The Balaban J connectivity index is 1.77. The van der Waals surface area contributed by atoms with E-state index in [4.69, 9.17) is 0 Å². The first-order valence-corrected chi connectivity index (χ1v) is 8.27. The number of carbonyl (C=O) groups is 1. The molecular weight excluding hydrogens is 318 g/mol. The molecule has 3 rings (SSSR count). The third-order valence-corrected chi connectivity index (χ3v) is 4.44. The van der Waals surface area contributed by atoms with E-state index in [0.29, 0.717) is 11.5 Å². The van der Waals surface area contributed by atoms with Gasteiger partial charge in [0.15, 0.2) is 0 Å². The second-order valence-corrected chi connectivity index (χ2v) is 6.41. The third kappa shape index (κ3) is 3.79. The maximum absolute atomic E-state index is 12.3. The van der Waals surface area contributed by atoms with E-state index in [1.54, 1.807) is 7.05 Å². The maximum atomic E-state index is 12.3. The molecule has 0 unspecified atom stereocenters. The number of nitrogens with one attached hydrogen (secondary N) is 1. The van der Waals surface area contributed by atoms with Crippen molar-refractivity contribution in [3.8, 4) is 0 Å². The molecular formula is C19H21N3O3. The van der Waals surface area contributed by atoms with Crippen LogP contribution in [0, 0.1) is 5.92 Å². The van der Waals surface area contributed by atoms with Gasteiger partial charge in [-0.1, -0.05) is 30.3 Å². The highest BCUT2D eigenvalue weighted by Crippen LogP contribution is 2.40. The third-order valence-electron chi connectivity index (χ3n) is 4.44. The summed E-state index contributed by atoms with van der Waals surface area (Å²) in [6, 6.07) is 9.87. The number of rotatable bonds is 5. The van der Waals surface area contributed by atoms with Crippen molar-refractivity contribution in [2.24, 2.45) is 20.0 Å². The Morgan fingerprint density at radius 3 is 2.52 bits per heavy atom. The van der Waals surface area contributed by atoms with Crippen molar-refractivity contribution in [3.63, 3.8) is 0 Å². The van der Waals surface area contributed by atoms with E-state index in [1.807, 2.05) is 30.3 Å². The predicted molar refractivity (Wildman–Crippen MR) is 96.0 cm³/mol. The van der Waals surface area contributed by atoms with Crippen LogP contribution >= 0.6 is 0 Å². The van der Waals surface area contributed by atoms with Gasteiger partial charge in [-0.25, -0.2) is 4.79 Å². The number of nitrogens with zero attached hydrogens (tertiary/aromatic N) is 2. The molecule has 0 aliphatic heterocycles. The standard InChI is InChI=1S/C19H21N3O3/c1-21-12-15(18(24)22(2)19(21)25)10-11-16(23)20-17(14-8-9-14)13-6-4-3-5-7-13/h3-7,10-12,14,17H,8-9H2,1-2H3,(H,20,23)/b11-10+/t17-/m0/s1. The molecule has 0 radical (unpaired) electrons. The van der Waals surface area contributed by atoms with E-state index in [9.17, 15) is 14.4 Å². The number of aromatic nitrogens is 2. The average Bonchev–Trinajstić information content (AvgIpc) is 3.45.